The van der Waals surface area contributed by atoms with E-state index in [-0.39, 0.29) is 0 Å². The molecule has 100 valence electrons. The van der Waals surface area contributed by atoms with E-state index in [1.807, 2.05) is 0 Å². The minimum atomic E-state index is 0.327. The first-order chi connectivity index (χ1) is 7.69. The van der Waals surface area contributed by atoms with Crippen LogP contribution >= 0.6 is 0 Å². The van der Waals surface area contributed by atoms with Crippen LogP contribution in [0.15, 0.2) is 0 Å². The molecule has 2 saturated heterocycles. The first-order valence-corrected chi connectivity index (χ1v) is 7.21. The lowest BCUT2D eigenvalue weighted by Crippen LogP contribution is -2.66. The van der Waals surface area contributed by atoms with Crippen molar-refractivity contribution in [3.8, 4) is 0 Å². The fourth-order valence-electron chi connectivity index (χ4n) is 3.40. The van der Waals surface area contributed by atoms with Gasteiger partial charge in [0.2, 0.25) is 0 Å². The van der Waals surface area contributed by atoms with Gasteiger partial charge in [-0.15, -0.1) is 0 Å². The molecule has 2 nitrogen and oxygen atoms in total. The van der Waals surface area contributed by atoms with Gasteiger partial charge in [0.15, 0.2) is 0 Å². The Kier molecular flexibility index (Phi) is 3.33. The highest BCUT2D eigenvalue weighted by Gasteiger charge is 2.46. The van der Waals surface area contributed by atoms with E-state index < -0.39 is 0 Å². The van der Waals surface area contributed by atoms with Crippen molar-refractivity contribution in [1.29, 1.82) is 0 Å². The fraction of sp³-hybridized carbons (Fsp3) is 1.00. The molecule has 0 aromatic carbocycles. The Bertz CT molecular complexity index is 272. The zero-order valence-corrected chi connectivity index (χ0v) is 12.6. The predicted octanol–water partition coefficient (Wildman–Crippen LogP) is 2.98. The molecule has 0 aliphatic carbocycles. The zero-order chi connectivity index (χ0) is 12.8. The second-order valence-electron chi connectivity index (χ2n) is 7.91. The molecule has 0 bridgehead atoms. The largest absolute Gasteiger partial charge is 0.297 e. The molecule has 17 heavy (non-hydrogen) atoms. The van der Waals surface area contributed by atoms with Crippen molar-refractivity contribution in [2.45, 2.75) is 71.5 Å². The number of hydrogen-bond donors (Lipinski definition) is 0. The van der Waals surface area contributed by atoms with Gasteiger partial charge in [0.1, 0.15) is 0 Å². The maximum Gasteiger partial charge on any atom is 0.0269 e. The molecule has 2 heterocycles. The lowest BCUT2D eigenvalue weighted by atomic mass is 9.81. The van der Waals surface area contributed by atoms with E-state index in [0.29, 0.717) is 11.1 Å². The van der Waals surface area contributed by atoms with Gasteiger partial charge in [0, 0.05) is 30.2 Å². The molecule has 0 radical (unpaired) electrons. The maximum atomic E-state index is 2.71. The van der Waals surface area contributed by atoms with Gasteiger partial charge >= 0.3 is 0 Å². The Morgan fingerprint density at radius 1 is 0.882 bits per heavy atom. The second kappa shape index (κ2) is 4.24. The Morgan fingerprint density at radius 2 is 1.53 bits per heavy atom. The summed E-state index contributed by atoms with van der Waals surface area (Å²) in [5.41, 5.74) is 0.670. The summed E-state index contributed by atoms with van der Waals surface area (Å²) in [6.07, 6.45) is 2.82. The molecule has 2 atom stereocenters. The minimum Gasteiger partial charge on any atom is -0.297 e. The van der Waals surface area contributed by atoms with Crippen LogP contribution in [0.5, 0.6) is 0 Å². The van der Waals surface area contributed by atoms with E-state index in [4.69, 9.17) is 0 Å². The summed E-state index contributed by atoms with van der Waals surface area (Å²) in [6, 6.07) is 0.803. The van der Waals surface area contributed by atoms with Crippen molar-refractivity contribution in [3.63, 3.8) is 0 Å². The minimum absolute atomic E-state index is 0.327. The van der Waals surface area contributed by atoms with E-state index in [1.54, 1.807) is 0 Å². The van der Waals surface area contributed by atoms with E-state index >= 15 is 0 Å². The van der Waals surface area contributed by atoms with Crippen LogP contribution in [0.3, 0.4) is 0 Å². The third kappa shape index (κ3) is 2.68. The molecule has 2 unspecified atom stereocenters. The molecular formula is C15H30N2. The van der Waals surface area contributed by atoms with Crippen molar-refractivity contribution < 1.29 is 0 Å². The highest BCUT2D eigenvalue weighted by atomic mass is 15.3. The summed E-state index contributed by atoms with van der Waals surface area (Å²) in [7, 11) is 0. The monoisotopic (exact) mass is 238 g/mol. The van der Waals surface area contributed by atoms with Crippen molar-refractivity contribution in [3.05, 3.63) is 0 Å². The first-order valence-electron chi connectivity index (χ1n) is 7.21. The van der Waals surface area contributed by atoms with Crippen molar-refractivity contribution >= 4 is 0 Å². The SMILES string of the molecule is CC(C)(C)N1CCCC2CN(C(C)(C)C)C2C1. The summed E-state index contributed by atoms with van der Waals surface area (Å²) in [5, 5.41) is 0. The van der Waals surface area contributed by atoms with Crippen LogP contribution in [0.2, 0.25) is 0 Å². The number of fused-ring (bicyclic) bond motifs is 1. The molecule has 2 rings (SSSR count). The van der Waals surface area contributed by atoms with Crippen molar-refractivity contribution in [2.24, 2.45) is 5.92 Å². The van der Waals surface area contributed by atoms with Gasteiger partial charge in [-0.1, -0.05) is 0 Å². The van der Waals surface area contributed by atoms with Crippen LogP contribution in [-0.2, 0) is 0 Å². The molecule has 2 aliphatic heterocycles. The van der Waals surface area contributed by atoms with Crippen LogP contribution in [0, 0.1) is 5.92 Å². The smallest absolute Gasteiger partial charge is 0.0269 e. The molecule has 2 aliphatic rings. The summed E-state index contributed by atoms with van der Waals surface area (Å²) >= 11 is 0. The van der Waals surface area contributed by atoms with E-state index in [2.05, 4.69) is 51.3 Å². The van der Waals surface area contributed by atoms with Gasteiger partial charge in [-0.2, -0.15) is 0 Å². The molecule has 0 saturated carbocycles. The molecule has 0 amide bonds. The van der Waals surface area contributed by atoms with Gasteiger partial charge in [-0.3, -0.25) is 9.80 Å². The molecule has 2 heteroatoms. The van der Waals surface area contributed by atoms with Crippen molar-refractivity contribution in [1.82, 2.24) is 9.80 Å². The average molecular weight is 238 g/mol. The molecule has 0 spiro atoms. The Labute approximate surface area is 107 Å². The molecule has 0 aromatic heterocycles. The predicted molar refractivity (Wildman–Crippen MR) is 74.3 cm³/mol. The standard InChI is InChI=1S/C15H30N2/c1-14(2,3)16-9-7-8-12-10-17(13(12)11-16)15(4,5)6/h12-13H,7-11H2,1-6H3. The zero-order valence-electron chi connectivity index (χ0n) is 12.6. The summed E-state index contributed by atoms with van der Waals surface area (Å²) in [6.45, 7) is 18.0. The highest BCUT2D eigenvalue weighted by Crippen LogP contribution is 2.38. The van der Waals surface area contributed by atoms with E-state index in [9.17, 15) is 0 Å². The topological polar surface area (TPSA) is 6.48 Å². The average Bonchev–Trinajstić information content (AvgIpc) is 2.23. The Hall–Kier alpha value is -0.0800. The van der Waals surface area contributed by atoms with Crippen LogP contribution in [0.25, 0.3) is 0 Å². The van der Waals surface area contributed by atoms with Crippen LogP contribution in [-0.4, -0.2) is 46.6 Å². The van der Waals surface area contributed by atoms with E-state index in [0.717, 1.165) is 12.0 Å². The summed E-state index contributed by atoms with van der Waals surface area (Å²) in [4.78, 5) is 5.40. The molecule has 0 N–H and O–H groups in total. The van der Waals surface area contributed by atoms with Gasteiger partial charge in [-0.25, -0.2) is 0 Å². The van der Waals surface area contributed by atoms with Gasteiger partial charge in [-0.05, 0) is 66.8 Å². The number of likely N-dealkylation sites (tertiary alicyclic amines) is 2. The molecule has 0 aromatic rings. The van der Waals surface area contributed by atoms with Crippen LogP contribution < -0.4 is 0 Å². The number of rotatable bonds is 0. The molecule has 2 fully saturated rings. The highest BCUT2D eigenvalue weighted by molar-refractivity contribution is 5.01. The normalized spacial score (nSPS) is 32.8. The van der Waals surface area contributed by atoms with E-state index in [1.165, 1.54) is 32.5 Å². The number of hydrogen-bond acceptors (Lipinski definition) is 2. The lowest BCUT2D eigenvalue weighted by Gasteiger charge is -2.56. The van der Waals surface area contributed by atoms with Gasteiger partial charge < -0.3 is 0 Å². The second-order valence-corrected chi connectivity index (χ2v) is 7.91. The lowest BCUT2D eigenvalue weighted by molar-refractivity contribution is -0.0683. The number of nitrogens with zero attached hydrogens (tertiary/aromatic N) is 2. The third-order valence-electron chi connectivity index (χ3n) is 4.60. The summed E-state index contributed by atoms with van der Waals surface area (Å²) in [5.74, 6) is 0.960. The summed E-state index contributed by atoms with van der Waals surface area (Å²) < 4.78 is 0. The first kappa shape index (κ1) is 13.4. The Balaban J connectivity index is 2.07. The quantitative estimate of drug-likeness (QED) is 0.640. The maximum absolute atomic E-state index is 2.71. The van der Waals surface area contributed by atoms with Gasteiger partial charge in [0.05, 0.1) is 0 Å². The van der Waals surface area contributed by atoms with Crippen molar-refractivity contribution in [2.75, 3.05) is 19.6 Å². The van der Waals surface area contributed by atoms with Gasteiger partial charge in [0.25, 0.3) is 0 Å². The fourth-order valence-corrected chi connectivity index (χ4v) is 3.40. The van der Waals surface area contributed by atoms with Crippen LogP contribution in [0.4, 0.5) is 0 Å². The Morgan fingerprint density at radius 3 is 2.06 bits per heavy atom. The molecular weight excluding hydrogens is 208 g/mol. The van der Waals surface area contributed by atoms with Crippen LogP contribution in [0.1, 0.15) is 54.4 Å². The third-order valence-corrected chi connectivity index (χ3v) is 4.60.